The summed E-state index contributed by atoms with van der Waals surface area (Å²) >= 11 is 0. The summed E-state index contributed by atoms with van der Waals surface area (Å²) in [6.07, 6.45) is 1.22. The molecule has 17 heavy (non-hydrogen) atoms. The highest BCUT2D eigenvalue weighted by atomic mass is 16.7. The number of rotatable bonds is 2. The minimum absolute atomic E-state index is 0.360. The van der Waals surface area contributed by atoms with E-state index in [4.69, 9.17) is 9.47 Å². The van der Waals surface area contributed by atoms with Crippen molar-refractivity contribution in [1.82, 2.24) is 5.32 Å². The van der Waals surface area contributed by atoms with Gasteiger partial charge in [0.15, 0.2) is 11.5 Å². The van der Waals surface area contributed by atoms with Gasteiger partial charge >= 0.3 is 0 Å². The summed E-state index contributed by atoms with van der Waals surface area (Å²) in [7, 11) is 0. The molecule has 0 bridgehead atoms. The van der Waals surface area contributed by atoms with E-state index < -0.39 is 0 Å². The zero-order chi connectivity index (χ0) is 11.8. The van der Waals surface area contributed by atoms with Crippen LogP contribution in [0.1, 0.15) is 43.2 Å². The molecule has 1 fully saturated rings. The fourth-order valence-corrected chi connectivity index (χ4v) is 2.75. The predicted octanol–water partition coefficient (Wildman–Crippen LogP) is 2.62. The first kappa shape index (κ1) is 10.9. The molecular weight excluding hydrogens is 214 g/mol. The van der Waals surface area contributed by atoms with Crippen LogP contribution in [0.5, 0.6) is 11.5 Å². The second-order valence-corrected chi connectivity index (χ2v) is 5.18. The number of fused-ring (bicyclic) bond motifs is 1. The molecule has 3 rings (SSSR count). The quantitative estimate of drug-likeness (QED) is 0.851. The molecule has 1 unspecified atom stereocenters. The van der Waals surface area contributed by atoms with Gasteiger partial charge in [0.2, 0.25) is 6.79 Å². The zero-order valence-electron chi connectivity index (χ0n) is 10.5. The Bertz CT molecular complexity index is 422. The van der Waals surface area contributed by atoms with Crippen LogP contribution in [0.25, 0.3) is 0 Å². The summed E-state index contributed by atoms with van der Waals surface area (Å²) in [5.41, 5.74) is 2.84. The second-order valence-electron chi connectivity index (χ2n) is 5.18. The van der Waals surface area contributed by atoms with E-state index in [1.165, 1.54) is 17.5 Å². The van der Waals surface area contributed by atoms with Crippen molar-refractivity contribution < 1.29 is 9.47 Å². The van der Waals surface area contributed by atoms with Crippen LogP contribution in [0, 0.1) is 0 Å². The van der Waals surface area contributed by atoms with Crippen molar-refractivity contribution in [2.75, 3.05) is 19.9 Å². The molecule has 0 radical (unpaired) electrons. The van der Waals surface area contributed by atoms with Crippen LogP contribution in [-0.4, -0.2) is 19.9 Å². The Balaban J connectivity index is 2.04. The molecule has 2 aliphatic rings. The molecule has 3 heteroatoms. The molecule has 2 aliphatic heterocycles. The molecule has 3 nitrogen and oxygen atoms in total. The molecule has 1 aromatic rings. The standard InChI is InChI=1S/C14H19NO2/c1-9(2)11-5-13-14(17-8-16-13)6-12(11)10-3-4-15-7-10/h5-6,9-10,15H,3-4,7-8H2,1-2H3. The first-order valence-electron chi connectivity index (χ1n) is 6.40. The van der Waals surface area contributed by atoms with Crippen molar-refractivity contribution in [3.63, 3.8) is 0 Å². The highest BCUT2D eigenvalue weighted by molar-refractivity contribution is 5.51. The van der Waals surface area contributed by atoms with Crippen LogP contribution in [-0.2, 0) is 0 Å². The lowest BCUT2D eigenvalue weighted by molar-refractivity contribution is 0.174. The number of nitrogens with one attached hydrogen (secondary N) is 1. The summed E-state index contributed by atoms with van der Waals surface area (Å²) < 4.78 is 11.0. The van der Waals surface area contributed by atoms with E-state index >= 15 is 0 Å². The molecular formula is C14H19NO2. The van der Waals surface area contributed by atoms with Gasteiger partial charge in [0.25, 0.3) is 0 Å². The van der Waals surface area contributed by atoms with Crippen LogP contribution in [0.4, 0.5) is 0 Å². The third-order valence-electron chi connectivity index (χ3n) is 3.70. The maximum absolute atomic E-state index is 5.49. The molecule has 0 amide bonds. The van der Waals surface area contributed by atoms with Crippen molar-refractivity contribution in [3.05, 3.63) is 23.3 Å². The van der Waals surface area contributed by atoms with Gasteiger partial charge in [-0.05, 0) is 48.1 Å². The molecule has 0 aromatic heterocycles. The Kier molecular flexibility index (Phi) is 2.71. The van der Waals surface area contributed by atoms with Gasteiger partial charge in [0.05, 0.1) is 0 Å². The van der Waals surface area contributed by atoms with Crippen molar-refractivity contribution in [1.29, 1.82) is 0 Å². The molecule has 92 valence electrons. The van der Waals surface area contributed by atoms with E-state index in [0.717, 1.165) is 24.6 Å². The molecule has 0 spiro atoms. The predicted molar refractivity (Wildman–Crippen MR) is 66.9 cm³/mol. The van der Waals surface area contributed by atoms with Crippen LogP contribution in [0.15, 0.2) is 12.1 Å². The molecule has 0 saturated carbocycles. The summed E-state index contributed by atoms with van der Waals surface area (Å²) in [5, 5.41) is 3.43. The number of hydrogen-bond donors (Lipinski definition) is 1. The first-order valence-corrected chi connectivity index (χ1v) is 6.40. The molecule has 1 aromatic carbocycles. The van der Waals surface area contributed by atoms with E-state index in [1.807, 2.05) is 0 Å². The largest absolute Gasteiger partial charge is 0.454 e. The Morgan fingerprint density at radius 2 is 2.00 bits per heavy atom. The second kappa shape index (κ2) is 4.22. The minimum Gasteiger partial charge on any atom is -0.454 e. The number of hydrogen-bond acceptors (Lipinski definition) is 3. The fraction of sp³-hybridized carbons (Fsp3) is 0.571. The van der Waals surface area contributed by atoms with E-state index in [9.17, 15) is 0 Å². The van der Waals surface area contributed by atoms with Gasteiger partial charge in [0, 0.05) is 6.54 Å². The first-order chi connectivity index (χ1) is 8.25. The van der Waals surface area contributed by atoms with Gasteiger partial charge in [0.1, 0.15) is 0 Å². The molecule has 1 N–H and O–H groups in total. The number of ether oxygens (including phenoxy) is 2. The molecule has 2 heterocycles. The third-order valence-corrected chi connectivity index (χ3v) is 3.70. The number of benzene rings is 1. The van der Waals surface area contributed by atoms with Crippen molar-refractivity contribution in [2.24, 2.45) is 0 Å². The smallest absolute Gasteiger partial charge is 0.231 e. The van der Waals surface area contributed by atoms with Gasteiger partial charge in [-0.25, -0.2) is 0 Å². The molecule has 0 aliphatic carbocycles. The summed E-state index contributed by atoms with van der Waals surface area (Å²) in [6, 6.07) is 4.36. The van der Waals surface area contributed by atoms with E-state index in [2.05, 4.69) is 31.3 Å². The summed E-state index contributed by atoms with van der Waals surface area (Å²) in [4.78, 5) is 0. The lowest BCUT2D eigenvalue weighted by Crippen LogP contribution is -2.10. The molecule has 1 atom stereocenters. The van der Waals surface area contributed by atoms with Crippen molar-refractivity contribution >= 4 is 0 Å². The minimum atomic E-state index is 0.360. The topological polar surface area (TPSA) is 30.5 Å². The Morgan fingerprint density at radius 3 is 2.65 bits per heavy atom. The van der Waals surface area contributed by atoms with Gasteiger partial charge in [-0.1, -0.05) is 13.8 Å². The van der Waals surface area contributed by atoms with Crippen LogP contribution in [0.3, 0.4) is 0 Å². The fourth-order valence-electron chi connectivity index (χ4n) is 2.75. The maximum atomic E-state index is 5.49. The monoisotopic (exact) mass is 233 g/mol. The van der Waals surface area contributed by atoms with Crippen molar-refractivity contribution in [3.8, 4) is 11.5 Å². The molecule has 1 saturated heterocycles. The van der Waals surface area contributed by atoms with Gasteiger partial charge in [-0.2, -0.15) is 0 Å². The highest BCUT2D eigenvalue weighted by Crippen LogP contribution is 2.40. The lowest BCUT2D eigenvalue weighted by atomic mass is 9.88. The average Bonchev–Trinajstić information content (AvgIpc) is 2.98. The lowest BCUT2D eigenvalue weighted by Gasteiger charge is -2.18. The summed E-state index contributed by atoms with van der Waals surface area (Å²) in [6.45, 7) is 7.04. The Morgan fingerprint density at radius 1 is 1.24 bits per heavy atom. The van der Waals surface area contributed by atoms with Crippen LogP contribution < -0.4 is 14.8 Å². The van der Waals surface area contributed by atoms with Crippen LogP contribution in [0.2, 0.25) is 0 Å². The van der Waals surface area contributed by atoms with Gasteiger partial charge < -0.3 is 14.8 Å². The maximum Gasteiger partial charge on any atom is 0.231 e. The van der Waals surface area contributed by atoms with E-state index in [1.54, 1.807) is 0 Å². The summed E-state index contributed by atoms with van der Waals surface area (Å²) in [5.74, 6) is 2.97. The van der Waals surface area contributed by atoms with Gasteiger partial charge in [-0.15, -0.1) is 0 Å². The average molecular weight is 233 g/mol. The van der Waals surface area contributed by atoms with Crippen molar-refractivity contribution in [2.45, 2.75) is 32.1 Å². The van der Waals surface area contributed by atoms with E-state index in [-0.39, 0.29) is 0 Å². The highest BCUT2D eigenvalue weighted by Gasteiger charge is 2.25. The van der Waals surface area contributed by atoms with E-state index in [0.29, 0.717) is 18.6 Å². The Labute approximate surface area is 102 Å². The zero-order valence-corrected chi connectivity index (χ0v) is 10.5. The van der Waals surface area contributed by atoms with Gasteiger partial charge in [-0.3, -0.25) is 0 Å². The Hall–Kier alpha value is -1.22. The van der Waals surface area contributed by atoms with Crippen LogP contribution >= 0.6 is 0 Å². The normalized spacial score (nSPS) is 22.4. The third kappa shape index (κ3) is 1.89. The SMILES string of the molecule is CC(C)c1cc2c(cc1C1CCNC1)OCO2.